The van der Waals surface area contributed by atoms with Crippen LogP contribution in [0.4, 0.5) is 11.4 Å². The lowest BCUT2D eigenvalue weighted by atomic mass is 10.1. The van der Waals surface area contributed by atoms with Gasteiger partial charge >= 0.3 is 0 Å². The van der Waals surface area contributed by atoms with Gasteiger partial charge in [0.05, 0.1) is 24.0 Å². The molecule has 0 aromatic heterocycles. The number of amides is 1. The van der Waals surface area contributed by atoms with E-state index in [0.29, 0.717) is 22.7 Å². The minimum Gasteiger partial charge on any atom is -0.497 e. The van der Waals surface area contributed by atoms with E-state index in [1.165, 1.54) is 0 Å². The van der Waals surface area contributed by atoms with E-state index in [1.807, 2.05) is 25.1 Å². The molecule has 2 aromatic rings. The van der Waals surface area contributed by atoms with Gasteiger partial charge in [0.25, 0.3) is 5.91 Å². The zero-order chi connectivity index (χ0) is 14.7. The lowest BCUT2D eigenvalue weighted by Crippen LogP contribution is -2.14. The Balaban J connectivity index is 2.25. The highest BCUT2D eigenvalue weighted by molar-refractivity contribution is 9.10. The summed E-state index contributed by atoms with van der Waals surface area (Å²) >= 11 is 3.37. The Hall–Kier alpha value is -2.01. The zero-order valence-corrected chi connectivity index (χ0v) is 12.8. The summed E-state index contributed by atoms with van der Waals surface area (Å²) in [6.07, 6.45) is 0. The van der Waals surface area contributed by atoms with E-state index in [1.54, 1.807) is 25.3 Å². The van der Waals surface area contributed by atoms with E-state index in [0.717, 1.165) is 10.0 Å². The van der Waals surface area contributed by atoms with Gasteiger partial charge in [0.15, 0.2) is 0 Å². The molecule has 20 heavy (non-hydrogen) atoms. The first-order chi connectivity index (χ1) is 9.51. The maximum Gasteiger partial charge on any atom is 0.256 e. The summed E-state index contributed by atoms with van der Waals surface area (Å²) in [4.78, 5) is 12.3. The summed E-state index contributed by atoms with van der Waals surface area (Å²) in [7, 11) is 1.57. The third-order valence-corrected chi connectivity index (χ3v) is 3.56. The van der Waals surface area contributed by atoms with Crippen molar-refractivity contribution in [3.63, 3.8) is 0 Å². The number of carbonyl (C=O) groups excluding carboxylic acids is 1. The Morgan fingerprint density at radius 2 is 2.00 bits per heavy atom. The fourth-order valence-corrected chi connectivity index (χ4v) is 2.21. The van der Waals surface area contributed by atoms with E-state index < -0.39 is 0 Å². The van der Waals surface area contributed by atoms with Crippen LogP contribution in [-0.4, -0.2) is 13.0 Å². The number of nitrogens with two attached hydrogens (primary N) is 1. The molecule has 0 fully saturated rings. The first-order valence-electron chi connectivity index (χ1n) is 6.02. The highest BCUT2D eigenvalue weighted by Crippen LogP contribution is 2.26. The van der Waals surface area contributed by atoms with Gasteiger partial charge < -0.3 is 15.8 Å². The molecule has 5 heteroatoms. The Morgan fingerprint density at radius 1 is 1.25 bits per heavy atom. The van der Waals surface area contributed by atoms with Gasteiger partial charge in [-0.15, -0.1) is 0 Å². The predicted molar refractivity (Wildman–Crippen MR) is 84.2 cm³/mol. The van der Waals surface area contributed by atoms with Crippen LogP contribution < -0.4 is 15.8 Å². The van der Waals surface area contributed by atoms with Crippen molar-refractivity contribution in [2.45, 2.75) is 6.92 Å². The lowest BCUT2D eigenvalue weighted by molar-refractivity contribution is 0.102. The maximum atomic E-state index is 12.3. The minimum atomic E-state index is -0.211. The van der Waals surface area contributed by atoms with Crippen LogP contribution in [0.5, 0.6) is 5.75 Å². The first kappa shape index (κ1) is 14.4. The molecule has 4 nitrogen and oxygen atoms in total. The molecule has 0 aliphatic heterocycles. The summed E-state index contributed by atoms with van der Waals surface area (Å²) in [5.41, 5.74) is 8.49. The summed E-state index contributed by atoms with van der Waals surface area (Å²) in [5, 5.41) is 2.80. The molecule has 0 unspecified atom stereocenters. The molecule has 0 atom stereocenters. The van der Waals surface area contributed by atoms with Gasteiger partial charge in [0, 0.05) is 10.5 Å². The van der Waals surface area contributed by atoms with Crippen molar-refractivity contribution in [2.24, 2.45) is 0 Å². The number of hydrogen-bond acceptors (Lipinski definition) is 3. The molecule has 0 bridgehead atoms. The average Bonchev–Trinajstić information content (AvgIpc) is 2.43. The van der Waals surface area contributed by atoms with Crippen molar-refractivity contribution < 1.29 is 9.53 Å². The fourth-order valence-electron chi connectivity index (χ4n) is 1.78. The highest BCUT2D eigenvalue weighted by Gasteiger charge is 2.12. The molecule has 3 N–H and O–H groups in total. The summed E-state index contributed by atoms with van der Waals surface area (Å²) in [6.45, 7) is 1.94. The number of aryl methyl sites for hydroxylation is 1. The molecular weight excluding hydrogens is 320 g/mol. The molecule has 0 radical (unpaired) electrons. The van der Waals surface area contributed by atoms with Gasteiger partial charge in [-0.25, -0.2) is 0 Å². The Kier molecular flexibility index (Phi) is 4.29. The summed E-state index contributed by atoms with van der Waals surface area (Å²) < 4.78 is 5.82. The van der Waals surface area contributed by atoms with Crippen LogP contribution in [-0.2, 0) is 0 Å². The SMILES string of the molecule is COc1ccc(NC(=O)c2cc(C)ccc2Br)c(N)c1. The number of nitrogen functional groups attached to an aromatic ring is 1. The molecule has 0 saturated heterocycles. The number of ether oxygens (including phenoxy) is 1. The quantitative estimate of drug-likeness (QED) is 0.843. The highest BCUT2D eigenvalue weighted by atomic mass is 79.9. The molecule has 0 spiro atoms. The third-order valence-electron chi connectivity index (χ3n) is 2.87. The number of benzene rings is 2. The molecule has 0 heterocycles. The third kappa shape index (κ3) is 3.11. The van der Waals surface area contributed by atoms with Crippen LogP contribution in [0.15, 0.2) is 40.9 Å². The molecule has 1 amide bonds. The second kappa shape index (κ2) is 5.96. The number of methoxy groups -OCH3 is 1. The predicted octanol–water partition coefficient (Wildman–Crippen LogP) is 3.60. The molecule has 0 aliphatic rings. The number of halogens is 1. The summed E-state index contributed by atoms with van der Waals surface area (Å²) in [6, 6.07) is 10.7. The monoisotopic (exact) mass is 334 g/mol. The number of nitrogens with one attached hydrogen (secondary N) is 1. The van der Waals surface area contributed by atoms with Crippen LogP contribution in [0.2, 0.25) is 0 Å². The molecule has 2 aromatic carbocycles. The van der Waals surface area contributed by atoms with Gasteiger partial charge in [-0.3, -0.25) is 4.79 Å². The fraction of sp³-hybridized carbons (Fsp3) is 0.133. The van der Waals surface area contributed by atoms with Gasteiger partial charge in [-0.2, -0.15) is 0 Å². The van der Waals surface area contributed by atoms with Crippen LogP contribution in [0.25, 0.3) is 0 Å². The second-order valence-corrected chi connectivity index (χ2v) is 5.24. The van der Waals surface area contributed by atoms with Crippen molar-refractivity contribution in [1.29, 1.82) is 0 Å². The topological polar surface area (TPSA) is 64.3 Å². The van der Waals surface area contributed by atoms with Crippen molar-refractivity contribution in [3.8, 4) is 5.75 Å². The minimum absolute atomic E-state index is 0.211. The number of hydrogen-bond donors (Lipinski definition) is 2. The van der Waals surface area contributed by atoms with Crippen LogP contribution in [0, 0.1) is 6.92 Å². The smallest absolute Gasteiger partial charge is 0.256 e. The van der Waals surface area contributed by atoms with Crippen LogP contribution in [0.3, 0.4) is 0 Å². The summed E-state index contributed by atoms with van der Waals surface area (Å²) in [5.74, 6) is 0.440. The van der Waals surface area contributed by atoms with Crippen LogP contribution >= 0.6 is 15.9 Å². The Morgan fingerprint density at radius 3 is 2.65 bits per heavy atom. The number of carbonyl (C=O) groups is 1. The lowest BCUT2D eigenvalue weighted by Gasteiger charge is -2.11. The standard InChI is InChI=1S/C15H15BrN2O2/c1-9-3-5-12(16)11(7-9)15(19)18-14-6-4-10(20-2)8-13(14)17/h3-8H,17H2,1-2H3,(H,18,19). The van der Waals surface area contributed by atoms with Gasteiger partial charge in [0.1, 0.15) is 5.75 Å². The van der Waals surface area contributed by atoms with Gasteiger partial charge in [0.2, 0.25) is 0 Å². The first-order valence-corrected chi connectivity index (χ1v) is 6.81. The molecule has 0 aliphatic carbocycles. The largest absolute Gasteiger partial charge is 0.497 e. The number of anilines is 2. The Bertz CT molecular complexity index is 656. The molecule has 2 rings (SSSR count). The van der Waals surface area contributed by atoms with E-state index in [-0.39, 0.29) is 5.91 Å². The van der Waals surface area contributed by atoms with E-state index >= 15 is 0 Å². The Labute approximate surface area is 126 Å². The molecule has 0 saturated carbocycles. The van der Waals surface area contributed by atoms with E-state index in [9.17, 15) is 4.79 Å². The molecule has 104 valence electrons. The van der Waals surface area contributed by atoms with Crippen molar-refractivity contribution in [2.75, 3.05) is 18.2 Å². The van der Waals surface area contributed by atoms with Crippen LogP contribution in [0.1, 0.15) is 15.9 Å². The average molecular weight is 335 g/mol. The van der Waals surface area contributed by atoms with Crippen molar-refractivity contribution in [3.05, 3.63) is 52.0 Å². The zero-order valence-electron chi connectivity index (χ0n) is 11.2. The van der Waals surface area contributed by atoms with Gasteiger partial charge in [-0.1, -0.05) is 11.6 Å². The van der Waals surface area contributed by atoms with E-state index in [2.05, 4.69) is 21.2 Å². The maximum absolute atomic E-state index is 12.3. The van der Waals surface area contributed by atoms with Crippen molar-refractivity contribution >= 4 is 33.2 Å². The van der Waals surface area contributed by atoms with Crippen molar-refractivity contribution in [1.82, 2.24) is 0 Å². The van der Waals surface area contributed by atoms with Gasteiger partial charge in [-0.05, 0) is 47.1 Å². The number of rotatable bonds is 3. The molecular formula is C15H15BrN2O2. The normalized spacial score (nSPS) is 10.2. The second-order valence-electron chi connectivity index (χ2n) is 4.39. The van der Waals surface area contributed by atoms with E-state index in [4.69, 9.17) is 10.5 Å².